The van der Waals surface area contributed by atoms with Crippen LogP contribution in [0, 0.1) is 0 Å². The van der Waals surface area contributed by atoms with Crippen molar-refractivity contribution in [2.24, 2.45) is 0 Å². The quantitative estimate of drug-likeness (QED) is 0.620. The number of ether oxygens (including phenoxy) is 2. The van der Waals surface area contributed by atoms with E-state index >= 15 is 0 Å². The number of rotatable bonds is 8. The van der Waals surface area contributed by atoms with E-state index in [0.717, 1.165) is 0 Å². The third kappa shape index (κ3) is 10.0. The van der Waals surface area contributed by atoms with Crippen LogP contribution in [0.3, 0.4) is 0 Å². The second kappa shape index (κ2) is 8.47. The van der Waals surface area contributed by atoms with E-state index in [-0.39, 0.29) is 19.3 Å². The molecule has 0 rings (SSSR count). The molecule has 7 heteroatoms. The minimum atomic E-state index is -1.06. The van der Waals surface area contributed by atoms with Crippen LogP contribution < -0.4 is 0 Å². The lowest BCUT2D eigenvalue weighted by Crippen LogP contribution is -2.24. The highest BCUT2D eigenvalue weighted by Crippen LogP contribution is 2.06. The molecule has 3 atom stereocenters. The maximum absolute atomic E-state index is 11.4. The smallest absolute Gasteiger partial charge is 0.309 e. The van der Waals surface area contributed by atoms with Gasteiger partial charge in [-0.2, -0.15) is 0 Å². The molecule has 0 aromatic carbocycles. The summed E-state index contributed by atoms with van der Waals surface area (Å²) in [4.78, 5) is 33.0. The second-order valence-electron chi connectivity index (χ2n) is 4.46. The first-order chi connectivity index (χ1) is 8.70. The van der Waals surface area contributed by atoms with Crippen molar-refractivity contribution in [2.75, 3.05) is 0 Å². The maximum Gasteiger partial charge on any atom is 0.309 e. The molecule has 0 amide bonds. The molecule has 2 N–H and O–H groups in total. The van der Waals surface area contributed by atoms with Crippen molar-refractivity contribution in [3.63, 3.8) is 0 Å². The summed E-state index contributed by atoms with van der Waals surface area (Å²) in [7, 11) is 0. The first-order valence-electron chi connectivity index (χ1n) is 5.99. The molecule has 7 nitrogen and oxygen atoms in total. The van der Waals surface area contributed by atoms with Gasteiger partial charge in [-0.25, -0.2) is 0 Å². The van der Waals surface area contributed by atoms with Gasteiger partial charge in [-0.05, 0) is 20.8 Å². The zero-order valence-electron chi connectivity index (χ0n) is 11.3. The Morgan fingerprint density at radius 1 is 0.895 bits per heavy atom. The molecule has 0 aromatic rings. The summed E-state index contributed by atoms with van der Waals surface area (Å²) in [5.41, 5.74) is 0. The zero-order valence-corrected chi connectivity index (χ0v) is 11.3. The fourth-order valence-electron chi connectivity index (χ4n) is 1.35. The lowest BCUT2D eigenvalue weighted by molar-refractivity contribution is -0.158. The Kier molecular flexibility index (Phi) is 7.74. The fourth-order valence-corrected chi connectivity index (χ4v) is 1.35. The largest absolute Gasteiger partial charge is 0.481 e. The highest BCUT2D eigenvalue weighted by molar-refractivity contribution is 5.73. The molecule has 0 spiro atoms. The van der Waals surface area contributed by atoms with E-state index in [9.17, 15) is 14.4 Å². The zero-order chi connectivity index (χ0) is 15.0. The van der Waals surface area contributed by atoms with E-state index in [2.05, 4.69) is 0 Å². The standard InChI is InChI=1S/C12H20O7/c1-7(13)4-11(16)19-9(3)6-12(17)18-8(2)5-10(14)15/h7-9,13H,4-6H2,1-3H3,(H,14,15). The van der Waals surface area contributed by atoms with Gasteiger partial charge in [0.1, 0.15) is 12.2 Å². The predicted octanol–water partition coefficient (Wildman–Crippen LogP) is 0.485. The monoisotopic (exact) mass is 276 g/mol. The number of hydrogen-bond acceptors (Lipinski definition) is 6. The third-order valence-electron chi connectivity index (χ3n) is 2.04. The molecule has 0 aliphatic heterocycles. The molecular formula is C12H20O7. The molecule has 3 unspecified atom stereocenters. The van der Waals surface area contributed by atoms with Crippen LogP contribution in [0.1, 0.15) is 40.0 Å². The summed E-state index contributed by atoms with van der Waals surface area (Å²) < 4.78 is 9.71. The average Bonchev–Trinajstić information content (AvgIpc) is 2.12. The number of aliphatic carboxylic acids is 1. The Morgan fingerprint density at radius 2 is 1.32 bits per heavy atom. The number of carbonyl (C=O) groups excluding carboxylic acids is 2. The van der Waals surface area contributed by atoms with Gasteiger partial charge in [0, 0.05) is 0 Å². The number of carboxylic acid groups (broad SMARTS) is 1. The van der Waals surface area contributed by atoms with Gasteiger partial charge in [-0.15, -0.1) is 0 Å². The Bertz CT molecular complexity index is 324. The fraction of sp³-hybridized carbons (Fsp3) is 0.750. The van der Waals surface area contributed by atoms with E-state index in [1.807, 2.05) is 0 Å². The molecule has 110 valence electrons. The van der Waals surface area contributed by atoms with Gasteiger partial charge in [0.25, 0.3) is 0 Å². The molecule has 0 heterocycles. The molecule has 0 bridgehead atoms. The Morgan fingerprint density at radius 3 is 1.74 bits per heavy atom. The van der Waals surface area contributed by atoms with Crippen LogP contribution in [-0.4, -0.2) is 46.4 Å². The molecule has 0 fully saturated rings. The van der Waals surface area contributed by atoms with E-state index in [4.69, 9.17) is 19.7 Å². The van der Waals surface area contributed by atoms with Crippen molar-refractivity contribution >= 4 is 17.9 Å². The van der Waals surface area contributed by atoms with Gasteiger partial charge in [-0.1, -0.05) is 0 Å². The maximum atomic E-state index is 11.4. The van der Waals surface area contributed by atoms with Crippen LogP contribution in [0.15, 0.2) is 0 Å². The Hall–Kier alpha value is -1.63. The van der Waals surface area contributed by atoms with E-state index in [1.54, 1.807) is 0 Å². The Labute approximate surface area is 111 Å². The lowest BCUT2D eigenvalue weighted by Gasteiger charge is -2.15. The molecule has 0 saturated heterocycles. The van der Waals surface area contributed by atoms with Crippen LogP contribution in [0.2, 0.25) is 0 Å². The predicted molar refractivity (Wildman–Crippen MR) is 64.3 cm³/mol. The highest BCUT2D eigenvalue weighted by Gasteiger charge is 2.18. The van der Waals surface area contributed by atoms with E-state index in [1.165, 1.54) is 20.8 Å². The SMILES string of the molecule is CC(O)CC(=O)OC(C)CC(=O)OC(C)CC(=O)O. The first kappa shape index (κ1) is 17.4. The van der Waals surface area contributed by atoms with Gasteiger partial charge >= 0.3 is 17.9 Å². The molecule has 19 heavy (non-hydrogen) atoms. The number of hydrogen-bond donors (Lipinski definition) is 2. The van der Waals surface area contributed by atoms with Crippen molar-refractivity contribution in [3.8, 4) is 0 Å². The van der Waals surface area contributed by atoms with Gasteiger partial charge in [0.05, 0.1) is 25.4 Å². The molecule has 0 aliphatic carbocycles. The summed E-state index contributed by atoms with van der Waals surface area (Å²) >= 11 is 0. The first-order valence-corrected chi connectivity index (χ1v) is 5.99. The van der Waals surface area contributed by atoms with Gasteiger partial charge < -0.3 is 19.7 Å². The minimum absolute atomic E-state index is 0.144. The summed E-state index contributed by atoms with van der Waals surface area (Å²) in [6, 6.07) is 0. The van der Waals surface area contributed by atoms with Gasteiger partial charge in [-0.3, -0.25) is 14.4 Å². The number of carboxylic acids is 1. The Balaban J connectivity index is 3.98. The number of carbonyl (C=O) groups is 3. The second-order valence-corrected chi connectivity index (χ2v) is 4.46. The van der Waals surface area contributed by atoms with E-state index in [0.29, 0.717) is 0 Å². The summed E-state index contributed by atoms with van der Waals surface area (Å²) in [6.45, 7) is 4.44. The topological polar surface area (TPSA) is 110 Å². The minimum Gasteiger partial charge on any atom is -0.481 e. The molecule has 0 aliphatic rings. The van der Waals surface area contributed by atoms with E-state index < -0.39 is 36.2 Å². The van der Waals surface area contributed by atoms with Crippen LogP contribution in [0.25, 0.3) is 0 Å². The normalized spacial score (nSPS) is 15.2. The van der Waals surface area contributed by atoms with Crippen LogP contribution in [0.4, 0.5) is 0 Å². The van der Waals surface area contributed by atoms with Crippen molar-refractivity contribution in [3.05, 3.63) is 0 Å². The number of esters is 2. The van der Waals surface area contributed by atoms with Gasteiger partial charge in [0.2, 0.25) is 0 Å². The third-order valence-corrected chi connectivity index (χ3v) is 2.04. The van der Waals surface area contributed by atoms with Crippen molar-refractivity contribution in [2.45, 2.75) is 58.3 Å². The van der Waals surface area contributed by atoms with Crippen molar-refractivity contribution < 1.29 is 34.1 Å². The molecule has 0 aromatic heterocycles. The number of aliphatic hydroxyl groups is 1. The summed E-state index contributed by atoms with van der Waals surface area (Å²) in [5, 5.41) is 17.5. The van der Waals surface area contributed by atoms with Gasteiger partial charge in [0.15, 0.2) is 0 Å². The average molecular weight is 276 g/mol. The summed E-state index contributed by atoms with van der Waals surface area (Å²) in [5.74, 6) is -2.29. The molecule has 0 saturated carbocycles. The molecular weight excluding hydrogens is 256 g/mol. The van der Waals surface area contributed by atoms with Crippen molar-refractivity contribution in [1.29, 1.82) is 0 Å². The lowest BCUT2D eigenvalue weighted by atomic mass is 10.2. The number of aliphatic hydroxyl groups excluding tert-OH is 1. The van der Waals surface area contributed by atoms with Crippen LogP contribution in [-0.2, 0) is 23.9 Å². The van der Waals surface area contributed by atoms with Crippen molar-refractivity contribution in [1.82, 2.24) is 0 Å². The molecule has 0 radical (unpaired) electrons. The highest BCUT2D eigenvalue weighted by atomic mass is 16.6. The summed E-state index contributed by atoms with van der Waals surface area (Å²) in [6.07, 6.45) is -2.80. The van der Waals surface area contributed by atoms with Crippen LogP contribution >= 0.6 is 0 Å². The van der Waals surface area contributed by atoms with Crippen LogP contribution in [0.5, 0.6) is 0 Å².